The van der Waals surface area contributed by atoms with Crippen LogP contribution in [0.1, 0.15) is 12.5 Å². The largest absolute Gasteiger partial charge is 0.481 e. The van der Waals surface area contributed by atoms with Crippen molar-refractivity contribution in [2.45, 2.75) is 23.1 Å². The van der Waals surface area contributed by atoms with Crippen LogP contribution in [-0.4, -0.2) is 32.0 Å². The van der Waals surface area contributed by atoms with Gasteiger partial charge in [-0.2, -0.15) is 0 Å². The number of benzene rings is 1. The molecule has 0 aliphatic carbocycles. The molecule has 1 aromatic carbocycles. The lowest BCUT2D eigenvalue weighted by molar-refractivity contribution is -0.141. The van der Waals surface area contributed by atoms with Crippen LogP contribution in [0.5, 0.6) is 0 Å². The Labute approximate surface area is 111 Å². The van der Waals surface area contributed by atoms with Crippen molar-refractivity contribution in [1.29, 1.82) is 0 Å². The normalized spacial score (nSPS) is 13.3. The molecule has 6 heteroatoms. The molecule has 0 radical (unpaired) electrons. The van der Waals surface area contributed by atoms with Crippen molar-refractivity contribution in [3.05, 3.63) is 23.8 Å². The van der Waals surface area contributed by atoms with Crippen LogP contribution in [-0.2, 0) is 21.1 Å². The van der Waals surface area contributed by atoms with Crippen LogP contribution in [0.25, 0.3) is 0 Å². The van der Waals surface area contributed by atoms with Crippen molar-refractivity contribution in [2.24, 2.45) is 5.92 Å². The van der Waals surface area contributed by atoms with E-state index in [2.05, 4.69) is 0 Å². The van der Waals surface area contributed by atoms with E-state index in [1.54, 1.807) is 31.4 Å². The van der Waals surface area contributed by atoms with E-state index < -0.39 is 21.7 Å². The van der Waals surface area contributed by atoms with Crippen LogP contribution in [0, 0.1) is 5.92 Å². The summed E-state index contributed by atoms with van der Waals surface area (Å²) >= 11 is 1.33. The molecule has 4 nitrogen and oxygen atoms in total. The Kier molecular flexibility index (Phi) is 4.81. The summed E-state index contributed by atoms with van der Waals surface area (Å²) in [6, 6.07) is 4.98. The highest BCUT2D eigenvalue weighted by Gasteiger charge is 2.19. The van der Waals surface area contributed by atoms with Gasteiger partial charge >= 0.3 is 5.97 Å². The summed E-state index contributed by atoms with van der Waals surface area (Å²) in [7, 11) is -3.29. The number of hydrogen-bond donors (Lipinski definition) is 1. The lowest BCUT2D eigenvalue weighted by Gasteiger charge is -2.13. The number of aliphatic carboxylic acids is 1. The predicted octanol–water partition coefficient (Wildman–Crippen LogP) is 2.08. The smallest absolute Gasteiger partial charge is 0.306 e. The third kappa shape index (κ3) is 3.49. The Hall–Kier alpha value is -1.01. The first-order chi connectivity index (χ1) is 8.27. The maximum absolute atomic E-state index is 11.7. The van der Waals surface area contributed by atoms with Crippen LogP contribution in [0.4, 0.5) is 0 Å². The maximum atomic E-state index is 11.7. The van der Waals surface area contributed by atoms with Gasteiger partial charge < -0.3 is 5.11 Å². The molecule has 0 spiro atoms. The van der Waals surface area contributed by atoms with Gasteiger partial charge in [0.25, 0.3) is 0 Å². The number of hydrogen-bond acceptors (Lipinski definition) is 4. The molecule has 0 amide bonds. The molecule has 1 rings (SSSR count). The van der Waals surface area contributed by atoms with Gasteiger partial charge in [0.05, 0.1) is 10.8 Å². The minimum atomic E-state index is -3.29. The second-order valence-corrected chi connectivity index (χ2v) is 6.96. The summed E-state index contributed by atoms with van der Waals surface area (Å²) < 4.78 is 23.3. The van der Waals surface area contributed by atoms with Crippen molar-refractivity contribution >= 4 is 27.6 Å². The molecule has 18 heavy (non-hydrogen) atoms. The molecule has 0 aromatic heterocycles. The molecule has 1 unspecified atom stereocenters. The quantitative estimate of drug-likeness (QED) is 0.840. The number of sulfone groups is 1. The van der Waals surface area contributed by atoms with Gasteiger partial charge in [-0.15, -0.1) is 11.8 Å². The lowest BCUT2D eigenvalue weighted by Crippen LogP contribution is -2.13. The number of thioether (sulfide) groups is 1. The van der Waals surface area contributed by atoms with Crippen molar-refractivity contribution in [3.63, 3.8) is 0 Å². The highest BCUT2D eigenvalue weighted by molar-refractivity contribution is 7.99. The highest BCUT2D eigenvalue weighted by Crippen LogP contribution is 2.30. The Morgan fingerprint density at radius 1 is 1.44 bits per heavy atom. The third-order valence-corrected chi connectivity index (χ3v) is 4.77. The van der Waals surface area contributed by atoms with Crippen molar-refractivity contribution in [1.82, 2.24) is 0 Å². The van der Waals surface area contributed by atoms with Crippen molar-refractivity contribution in [3.8, 4) is 0 Å². The van der Waals surface area contributed by atoms with Crippen LogP contribution in [0.15, 0.2) is 28.0 Å². The molecule has 0 aliphatic rings. The molecule has 0 bridgehead atoms. The SMILES string of the molecule is CSc1c(CC(C)C(=O)O)cccc1S(C)(=O)=O. The first-order valence-electron chi connectivity index (χ1n) is 5.36. The van der Waals surface area contributed by atoms with Gasteiger partial charge in [0.1, 0.15) is 0 Å². The zero-order valence-electron chi connectivity index (χ0n) is 10.5. The van der Waals surface area contributed by atoms with Crippen LogP contribution in [0.3, 0.4) is 0 Å². The lowest BCUT2D eigenvalue weighted by atomic mass is 10.0. The number of rotatable bonds is 5. The molecule has 0 heterocycles. The highest BCUT2D eigenvalue weighted by atomic mass is 32.2. The van der Waals surface area contributed by atoms with Gasteiger partial charge in [-0.3, -0.25) is 4.79 Å². The molecular formula is C12H16O4S2. The fraction of sp³-hybridized carbons (Fsp3) is 0.417. The first-order valence-corrected chi connectivity index (χ1v) is 8.47. The average molecular weight is 288 g/mol. The van der Waals surface area contributed by atoms with Gasteiger partial charge in [0, 0.05) is 11.2 Å². The summed E-state index contributed by atoms with van der Waals surface area (Å²) in [5.41, 5.74) is 0.764. The molecule has 0 aliphatic heterocycles. The molecule has 1 atom stereocenters. The van der Waals surface area contributed by atoms with E-state index in [0.29, 0.717) is 11.3 Å². The zero-order chi connectivity index (χ0) is 13.9. The molecule has 100 valence electrons. The molecule has 0 fully saturated rings. The van der Waals surface area contributed by atoms with Gasteiger partial charge in [0.15, 0.2) is 9.84 Å². The average Bonchev–Trinajstić information content (AvgIpc) is 2.27. The van der Waals surface area contributed by atoms with Crippen molar-refractivity contribution < 1.29 is 18.3 Å². The first kappa shape index (κ1) is 15.0. The predicted molar refractivity (Wildman–Crippen MR) is 71.8 cm³/mol. The van der Waals surface area contributed by atoms with Gasteiger partial charge in [-0.25, -0.2) is 8.42 Å². The Morgan fingerprint density at radius 3 is 2.50 bits per heavy atom. The molecule has 1 N–H and O–H groups in total. The fourth-order valence-corrected chi connectivity index (χ4v) is 3.84. The van der Waals surface area contributed by atoms with E-state index in [-0.39, 0.29) is 4.90 Å². The second-order valence-electron chi connectivity index (χ2n) is 4.16. The molecule has 0 saturated carbocycles. The van der Waals surface area contributed by atoms with Crippen LogP contribution >= 0.6 is 11.8 Å². The van der Waals surface area contributed by atoms with Gasteiger partial charge in [0.2, 0.25) is 0 Å². The van der Waals surface area contributed by atoms with E-state index in [9.17, 15) is 13.2 Å². The zero-order valence-corrected chi connectivity index (χ0v) is 12.1. The number of carbonyl (C=O) groups is 1. The summed E-state index contributed by atoms with van der Waals surface area (Å²) in [4.78, 5) is 11.8. The molecule has 1 aromatic rings. The van der Waals surface area contributed by atoms with Crippen LogP contribution < -0.4 is 0 Å². The summed E-state index contributed by atoms with van der Waals surface area (Å²) in [6.45, 7) is 1.61. The monoisotopic (exact) mass is 288 g/mol. The summed E-state index contributed by atoms with van der Waals surface area (Å²) in [5.74, 6) is -1.42. The summed E-state index contributed by atoms with van der Waals surface area (Å²) in [6.07, 6.45) is 3.28. The molecular weight excluding hydrogens is 272 g/mol. The number of carboxylic acid groups (broad SMARTS) is 1. The maximum Gasteiger partial charge on any atom is 0.306 e. The fourth-order valence-electron chi connectivity index (χ4n) is 1.66. The third-order valence-electron chi connectivity index (χ3n) is 2.61. The Morgan fingerprint density at radius 2 is 2.06 bits per heavy atom. The topological polar surface area (TPSA) is 71.4 Å². The van der Waals surface area contributed by atoms with Crippen LogP contribution in [0.2, 0.25) is 0 Å². The van der Waals surface area contributed by atoms with E-state index in [1.165, 1.54) is 11.8 Å². The Balaban J connectivity index is 3.26. The second kappa shape index (κ2) is 5.75. The molecule has 0 saturated heterocycles. The van der Waals surface area contributed by atoms with Gasteiger partial charge in [-0.1, -0.05) is 19.1 Å². The Bertz CT molecular complexity index is 549. The summed E-state index contributed by atoms with van der Waals surface area (Å²) in [5, 5.41) is 8.91. The van der Waals surface area contributed by atoms with E-state index in [1.807, 2.05) is 0 Å². The standard InChI is InChI=1S/C12H16O4S2/c1-8(12(13)14)7-9-5-4-6-10(11(9)17-2)18(3,15)16/h4-6,8H,7H2,1-3H3,(H,13,14). The van der Waals surface area contributed by atoms with Gasteiger partial charge in [-0.05, 0) is 24.3 Å². The van der Waals surface area contributed by atoms with Crippen molar-refractivity contribution in [2.75, 3.05) is 12.5 Å². The van der Waals surface area contributed by atoms with E-state index >= 15 is 0 Å². The number of carboxylic acids is 1. The minimum absolute atomic E-state index is 0.269. The minimum Gasteiger partial charge on any atom is -0.481 e. The van der Waals surface area contributed by atoms with E-state index in [4.69, 9.17) is 5.11 Å². The van der Waals surface area contributed by atoms with E-state index in [0.717, 1.165) is 11.8 Å².